The highest BCUT2D eigenvalue weighted by molar-refractivity contribution is 7.89. The number of carbonyl (C=O) groups excluding carboxylic acids is 1. The molecule has 2 fully saturated rings. The molecule has 0 aliphatic carbocycles. The standard InChI is InChI=1S/C27H37N3O4S/c1-22-5-7-23(8-6-22)21-29-18-13-24(14-19-29)27(31)28-15-20-34-25-9-11-26(12-10-25)35(32,33)30-16-3-2-4-17-30/h5-12,24H,2-4,13-21H2,1H3,(H,28,31). The van der Waals surface area contributed by atoms with E-state index in [1.165, 1.54) is 11.1 Å². The van der Waals surface area contributed by atoms with Crippen LogP contribution < -0.4 is 10.1 Å². The average Bonchev–Trinajstić information content (AvgIpc) is 2.89. The summed E-state index contributed by atoms with van der Waals surface area (Å²) in [4.78, 5) is 15.3. The van der Waals surface area contributed by atoms with Crippen molar-refractivity contribution in [2.45, 2.75) is 50.5 Å². The van der Waals surface area contributed by atoms with E-state index in [-0.39, 0.29) is 11.8 Å². The molecule has 7 nitrogen and oxygen atoms in total. The molecule has 2 aliphatic heterocycles. The van der Waals surface area contributed by atoms with E-state index in [4.69, 9.17) is 4.74 Å². The lowest BCUT2D eigenvalue weighted by atomic mass is 9.95. The molecule has 8 heteroatoms. The predicted octanol–water partition coefficient (Wildman–Crippen LogP) is 3.58. The van der Waals surface area contributed by atoms with E-state index >= 15 is 0 Å². The van der Waals surface area contributed by atoms with Crippen LogP contribution in [0, 0.1) is 12.8 Å². The molecule has 0 aromatic heterocycles. The van der Waals surface area contributed by atoms with Gasteiger partial charge >= 0.3 is 0 Å². The van der Waals surface area contributed by atoms with E-state index in [1.807, 2.05) is 0 Å². The number of carbonyl (C=O) groups is 1. The lowest BCUT2D eigenvalue weighted by Crippen LogP contribution is -2.41. The van der Waals surface area contributed by atoms with E-state index in [2.05, 4.69) is 41.4 Å². The van der Waals surface area contributed by atoms with Crippen LogP contribution in [0.1, 0.15) is 43.2 Å². The van der Waals surface area contributed by atoms with Gasteiger partial charge in [0.25, 0.3) is 0 Å². The first-order valence-electron chi connectivity index (χ1n) is 12.7. The first-order chi connectivity index (χ1) is 16.9. The largest absolute Gasteiger partial charge is 0.492 e. The van der Waals surface area contributed by atoms with Gasteiger partial charge in [-0.15, -0.1) is 0 Å². The minimum absolute atomic E-state index is 0.0449. The van der Waals surface area contributed by atoms with Gasteiger partial charge in [0.15, 0.2) is 0 Å². The zero-order valence-corrected chi connectivity index (χ0v) is 21.4. The number of ether oxygens (including phenoxy) is 1. The molecule has 2 heterocycles. The molecule has 2 aromatic carbocycles. The molecule has 4 rings (SSSR count). The van der Waals surface area contributed by atoms with Gasteiger partial charge in [0, 0.05) is 25.6 Å². The van der Waals surface area contributed by atoms with Crippen LogP contribution in [0.5, 0.6) is 5.75 Å². The molecular formula is C27H37N3O4S. The summed E-state index contributed by atoms with van der Waals surface area (Å²) in [6.07, 6.45) is 4.65. The van der Waals surface area contributed by atoms with Crippen LogP contribution in [-0.4, -0.2) is 62.9 Å². The van der Waals surface area contributed by atoms with E-state index in [1.54, 1.807) is 28.6 Å². The van der Waals surface area contributed by atoms with Gasteiger partial charge in [-0.1, -0.05) is 36.2 Å². The first kappa shape index (κ1) is 25.7. The molecule has 1 N–H and O–H groups in total. The van der Waals surface area contributed by atoms with Gasteiger partial charge in [0.05, 0.1) is 11.4 Å². The molecule has 0 saturated carbocycles. The van der Waals surface area contributed by atoms with Crippen LogP contribution in [0.2, 0.25) is 0 Å². The summed E-state index contributed by atoms with van der Waals surface area (Å²) in [5.41, 5.74) is 2.58. The van der Waals surface area contributed by atoms with E-state index < -0.39 is 10.0 Å². The summed E-state index contributed by atoms with van der Waals surface area (Å²) in [5.74, 6) is 0.733. The third-order valence-corrected chi connectivity index (χ3v) is 8.84. The number of piperidine rings is 2. The lowest BCUT2D eigenvalue weighted by Gasteiger charge is -2.31. The SMILES string of the molecule is Cc1ccc(CN2CCC(C(=O)NCCOc3ccc(S(=O)(=O)N4CCCCC4)cc3)CC2)cc1. The molecular weight excluding hydrogens is 462 g/mol. The minimum atomic E-state index is -3.43. The van der Waals surface area contributed by atoms with Crippen molar-refractivity contribution in [2.75, 3.05) is 39.3 Å². The molecule has 1 amide bonds. The topological polar surface area (TPSA) is 79.0 Å². The summed E-state index contributed by atoms with van der Waals surface area (Å²) in [7, 11) is -3.43. The molecule has 0 atom stereocenters. The van der Waals surface area contributed by atoms with Crippen molar-refractivity contribution in [1.29, 1.82) is 0 Å². The number of hydrogen-bond donors (Lipinski definition) is 1. The second-order valence-electron chi connectivity index (χ2n) is 9.61. The number of likely N-dealkylation sites (tertiary alicyclic amines) is 1. The van der Waals surface area contributed by atoms with Crippen molar-refractivity contribution in [1.82, 2.24) is 14.5 Å². The maximum absolute atomic E-state index is 12.7. The second kappa shape index (κ2) is 12.0. The highest BCUT2D eigenvalue weighted by atomic mass is 32.2. The molecule has 2 aliphatic rings. The van der Waals surface area contributed by atoms with Gasteiger partial charge in [0.2, 0.25) is 15.9 Å². The monoisotopic (exact) mass is 499 g/mol. The fourth-order valence-electron chi connectivity index (χ4n) is 4.75. The second-order valence-corrected chi connectivity index (χ2v) is 11.5. The van der Waals surface area contributed by atoms with E-state index in [0.29, 0.717) is 36.9 Å². The Morgan fingerprint density at radius 3 is 2.26 bits per heavy atom. The maximum Gasteiger partial charge on any atom is 0.243 e. The highest BCUT2D eigenvalue weighted by Gasteiger charge is 2.26. The summed E-state index contributed by atoms with van der Waals surface area (Å²) in [6.45, 7) is 6.83. The number of nitrogens with zero attached hydrogens (tertiary/aromatic N) is 2. The Hall–Kier alpha value is -2.42. The van der Waals surface area contributed by atoms with Crippen molar-refractivity contribution in [2.24, 2.45) is 5.92 Å². The zero-order valence-electron chi connectivity index (χ0n) is 20.6. The van der Waals surface area contributed by atoms with Crippen LogP contribution in [0.25, 0.3) is 0 Å². The molecule has 190 valence electrons. The Balaban J connectivity index is 1.15. The van der Waals surface area contributed by atoms with Crippen LogP contribution >= 0.6 is 0 Å². The fraction of sp³-hybridized carbons (Fsp3) is 0.519. The molecule has 2 saturated heterocycles. The molecule has 0 radical (unpaired) electrons. The first-order valence-corrected chi connectivity index (χ1v) is 14.1. The highest BCUT2D eigenvalue weighted by Crippen LogP contribution is 2.23. The van der Waals surface area contributed by atoms with Crippen LogP contribution in [-0.2, 0) is 21.4 Å². The van der Waals surface area contributed by atoms with Gasteiger partial charge in [-0.3, -0.25) is 9.69 Å². The number of rotatable bonds is 9. The van der Waals surface area contributed by atoms with Gasteiger partial charge in [-0.25, -0.2) is 8.42 Å². The number of nitrogens with one attached hydrogen (secondary N) is 1. The molecule has 35 heavy (non-hydrogen) atoms. The lowest BCUT2D eigenvalue weighted by molar-refractivity contribution is -0.126. The zero-order chi connectivity index (χ0) is 24.7. The normalized spacial score (nSPS) is 18.3. The van der Waals surface area contributed by atoms with Gasteiger partial charge in [-0.2, -0.15) is 4.31 Å². The van der Waals surface area contributed by atoms with E-state index in [0.717, 1.165) is 51.7 Å². The Kier molecular flexibility index (Phi) is 8.81. The molecule has 0 unspecified atom stereocenters. The molecule has 0 spiro atoms. The fourth-order valence-corrected chi connectivity index (χ4v) is 6.27. The van der Waals surface area contributed by atoms with E-state index in [9.17, 15) is 13.2 Å². The van der Waals surface area contributed by atoms with Gasteiger partial charge < -0.3 is 10.1 Å². The third-order valence-electron chi connectivity index (χ3n) is 6.93. The van der Waals surface area contributed by atoms with Crippen molar-refractivity contribution in [3.05, 3.63) is 59.7 Å². The number of sulfonamides is 1. The third kappa shape index (κ3) is 7.06. The molecule has 2 aromatic rings. The Morgan fingerprint density at radius 2 is 1.60 bits per heavy atom. The van der Waals surface area contributed by atoms with Crippen molar-refractivity contribution < 1.29 is 17.9 Å². The van der Waals surface area contributed by atoms with Gasteiger partial charge in [0.1, 0.15) is 12.4 Å². The van der Waals surface area contributed by atoms with Crippen molar-refractivity contribution in [3.8, 4) is 5.75 Å². The quantitative estimate of drug-likeness (QED) is 0.534. The Morgan fingerprint density at radius 1 is 0.943 bits per heavy atom. The summed E-state index contributed by atoms with van der Waals surface area (Å²) in [5, 5.41) is 2.99. The smallest absolute Gasteiger partial charge is 0.243 e. The summed E-state index contributed by atoms with van der Waals surface area (Å²) < 4.78 is 32.8. The maximum atomic E-state index is 12.7. The average molecular weight is 500 g/mol. The van der Waals surface area contributed by atoms with Gasteiger partial charge in [-0.05, 0) is 75.5 Å². The Bertz CT molecular complexity index is 1060. The number of aryl methyl sites for hydroxylation is 1. The number of benzene rings is 2. The Labute approximate surface area is 209 Å². The van der Waals surface area contributed by atoms with Crippen molar-refractivity contribution >= 4 is 15.9 Å². The number of hydrogen-bond acceptors (Lipinski definition) is 5. The molecule has 0 bridgehead atoms. The summed E-state index contributed by atoms with van der Waals surface area (Å²) in [6, 6.07) is 15.2. The summed E-state index contributed by atoms with van der Waals surface area (Å²) >= 11 is 0. The van der Waals surface area contributed by atoms with Crippen LogP contribution in [0.15, 0.2) is 53.4 Å². The number of amides is 1. The van der Waals surface area contributed by atoms with Crippen LogP contribution in [0.4, 0.5) is 0 Å². The predicted molar refractivity (Wildman–Crippen MR) is 137 cm³/mol. The van der Waals surface area contributed by atoms with Crippen LogP contribution in [0.3, 0.4) is 0 Å². The van der Waals surface area contributed by atoms with Crippen molar-refractivity contribution in [3.63, 3.8) is 0 Å². The minimum Gasteiger partial charge on any atom is -0.492 e.